The Morgan fingerprint density at radius 3 is 3.00 bits per heavy atom. The van der Waals surface area contributed by atoms with Crippen LogP contribution < -0.4 is 10.6 Å². The van der Waals surface area contributed by atoms with E-state index in [0.29, 0.717) is 18.1 Å². The number of rotatable bonds is 4. The number of carbonyl (C=O) groups is 2. The van der Waals surface area contributed by atoms with Crippen LogP contribution in [-0.2, 0) is 4.79 Å². The topological polar surface area (TPSA) is 91.3 Å². The standard InChI is InChI=1S/C11H15N3O3S/c15-9(16)8-3-1-2-7(8)6-13-10(17)14-11-12-4-5-18-11/h4-5,7-8H,1-3,6H2,(H,15,16)(H2,12,13,14,17). The van der Waals surface area contributed by atoms with Crippen LogP contribution in [0.2, 0.25) is 0 Å². The van der Waals surface area contributed by atoms with Gasteiger partial charge in [-0.2, -0.15) is 0 Å². The summed E-state index contributed by atoms with van der Waals surface area (Å²) in [5.74, 6) is -1.06. The van der Waals surface area contributed by atoms with Crippen LogP contribution in [0.4, 0.5) is 9.93 Å². The summed E-state index contributed by atoms with van der Waals surface area (Å²) in [7, 11) is 0. The third-order valence-corrected chi connectivity index (χ3v) is 3.84. The highest BCUT2D eigenvalue weighted by Gasteiger charge is 2.32. The van der Waals surface area contributed by atoms with Crippen molar-refractivity contribution in [2.45, 2.75) is 19.3 Å². The van der Waals surface area contributed by atoms with Crippen molar-refractivity contribution in [1.82, 2.24) is 10.3 Å². The molecule has 7 heteroatoms. The molecule has 18 heavy (non-hydrogen) atoms. The van der Waals surface area contributed by atoms with Crippen molar-refractivity contribution in [3.05, 3.63) is 11.6 Å². The summed E-state index contributed by atoms with van der Waals surface area (Å²) in [6.45, 7) is 0.397. The van der Waals surface area contributed by atoms with Gasteiger partial charge in [0.25, 0.3) is 0 Å². The fraction of sp³-hybridized carbons (Fsp3) is 0.545. The lowest BCUT2D eigenvalue weighted by Gasteiger charge is -2.16. The highest BCUT2D eigenvalue weighted by atomic mass is 32.1. The Balaban J connectivity index is 1.77. The molecule has 1 fully saturated rings. The van der Waals surface area contributed by atoms with Crippen LogP contribution in [0.1, 0.15) is 19.3 Å². The van der Waals surface area contributed by atoms with Crippen LogP contribution in [0, 0.1) is 11.8 Å². The third kappa shape index (κ3) is 3.19. The minimum Gasteiger partial charge on any atom is -0.481 e. The van der Waals surface area contributed by atoms with E-state index in [2.05, 4.69) is 15.6 Å². The molecule has 6 nitrogen and oxygen atoms in total. The number of carboxylic acid groups (broad SMARTS) is 1. The molecule has 0 radical (unpaired) electrons. The molecule has 2 unspecified atom stereocenters. The molecule has 0 aromatic carbocycles. The van der Waals surface area contributed by atoms with E-state index >= 15 is 0 Å². The van der Waals surface area contributed by atoms with Gasteiger partial charge < -0.3 is 10.4 Å². The van der Waals surface area contributed by atoms with Crippen LogP contribution >= 0.6 is 11.3 Å². The average molecular weight is 269 g/mol. The third-order valence-electron chi connectivity index (χ3n) is 3.15. The van der Waals surface area contributed by atoms with Gasteiger partial charge in [0, 0.05) is 18.1 Å². The van der Waals surface area contributed by atoms with Gasteiger partial charge in [0.15, 0.2) is 5.13 Å². The first-order chi connectivity index (χ1) is 8.66. The molecule has 1 aliphatic carbocycles. The van der Waals surface area contributed by atoms with E-state index in [-0.39, 0.29) is 17.9 Å². The van der Waals surface area contributed by atoms with Gasteiger partial charge in [-0.25, -0.2) is 9.78 Å². The Hall–Kier alpha value is -1.63. The normalized spacial score (nSPS) is 22.7. The van der Waals surface area contributed by atoms with Crippen LogP contribution in [-0.4, -0.2) is 28.6 Å². The van der Waals surface area contributed by atoms with Gasteiger partial charge in [0.2, 0.25) is 0 Å². The van der Waals surface area contributed by atoms with Gasteiger partial charge in [-0.15, -0.1) is 11.3 Å². The van der Waals surface area contributed by atoms with Crippen molar-refractivity contribution >= 4 is 28.5 Å². The van der Waals surface area contributed by atoms with Crippen molar-refractivity contribution in [3.63, 3.8) is 0 Å². The fourth-order valence-electron chi connectivity index (χ4n) is 2.26. The second-order valence-electron chi connectivity index (χ2n) is 4.31. The zero-order chi connectivity index (χ0) is 13.0. The Bertz CT molecular complexity index is 421. The summed E-state index contributed by atoms with van der Waals surface area (Å²) in [4.78, 5) is 26.4. The molecular weight excluding hydrogens is 254 g/mol. The summed E-state index contributed by atoms with van der Waals surface area (Å²) in [5.41, 5.74) is 0. The van der Waals surface area contributed by atoms with Gasteiger partial charge >= 0.3 is 12.0 Å². The number of nitrogens with zero attached hydrogens (tertiary/aromatic N) is 1. The zero-order valence-electron chi connectivity index (χ0n) is 9.76. The number of carbonyl (C=O) groups excluding carboxylic acids is 1. The number of nitrogens with one attached hydrogen (secondary N) is 2. The largest absolute Gasteiger partial charge is 0.481 e. The SMILES string of the molecule is O=C(NCC1CCCC1C(=O)O)Nc1nccs1. The van der Waals surface area contributed by atoms with Gasteiger partial charge in [-0.1, -0.05) is 6.42 Å². The summed E-state index contributed by atoms with van der Waals surface area (Å²) < 4.78 is 0. The highest BCUT2D eigenvalue weighted by Crippen LogP contribution is 2.31. The van der Waals surface area contributed by atoms with Crippen molar-refractivity contribution in [1.29, 1.82) is 0 Å². The first-order valence-electron chi connectivity index (χ1n) is 5.84. The first-order valence-corrected chi connectivity index (χ1v) is 6.72. The number of aromatic nitrogens is 1. The van der Waals surface area contributed by atoms with Crippen molar-refractivity contribution in [3.8, 4) is 0 Å². The Labute approximate surface area is 108 Å². The molecule has 3 N–H and O–H groups in total. The Morgan fingerprint density at radius 1 is 1.50 bits per heavy atom. The number of carboxylic acids is 1. The molecule has 0 bridgehead atoms. The average Bonchev–Trinajstić information content (AvgIpc) is 2.96. The number of hydrogen-bond donors (Lipinski definition) is 3. The number of anilines is 1. The maximum absolute atomic E-state index is 11.5. The van der Waals surface area contributed by atoms with Crippen molar-refractivity contribution in [2.75, 3.05) is 11.9 Å². The van der Waals surface area contributed by atoms with Crippen LogP contribution in [0.5, 0.6) is 0 Å². The summed E-state index contributed by atoms with van der Waals surface area (Å²) in [6.07, 6.45) is 4.08. The second-order valence-corrected chi connectivity index (χ2v) is 5.20. The van der Waals surface area contributed by atoms with Crippen LogP contribution in [0.25, 0.3) is 0 Å². The van der Waals surface area contributed by atoms with Gasteiger partial charge in [-0.3, -0.25) is 10.1 Å². The first kappa shape index (κ1) is 12.8. The smallest absolute Gasteiger partial charge is 0.321 e. The minimum atomic E-state index is -0.764. The Kier molecular flexibility index (Phi) is 4.14. The maximum atomic E-state index is 11.5. The molecule has 0 saturated heterocycles. The molecule has 2 rings (SSSR count). The number of hydrogen-bond acceptors (Lipinski definition) is 4. The molecule has 0 aliphatic heterocycles. The molecule has 0 spiro atoms. The van der Waals surface area contributed by atoms with E-state index in [1.54, 1.807) is 11.6 Å². The van der Waals surface area contributed by atoms with E-state index in [0.717, 1.165) is 12.8 Å². The fourth-order valence-corrected chi connectivity index (χ4v) is 2.78. The predicted octanol–water partition coefficient (Wildman–Crippen LogP) is 1.77. The lowest BCUT2D eigenvalue weighted by Crippen LogP contribution is -2.35. The van der Waals surface area contributed by atoms with E-state index < -0.39 is 5.97 Å². The van der Waals surface area contributed by atoms with Crippen LogP contribution in [0.15, 0.2) is 11.6 Å². The molecule has 2 atom stereocenters. The second kappa shape index (κ2) is 5.81. The van der Waals surface area contributed by atoms with Gasteiger partial charge in [-0.05, 0) is 18.8 Å². The summed E-state index contributed by atoms with van der Waals surface area (Å²) in [5, 5.41) is 16.6. The highest BCUT2D eigenvalue weighted by molar-refractivity contribution is 7.13. The Morgan fingerprint density at radius 2 is 2.33 bits per heavy atom. The molecular formula is C11H15N3O3S. The molecule has 1 aliphatic rings. The quantitative estimate of drug-likeness (QED) is 0.776. The van der Waals surface area contributed by atoms with Gasteiger partial charge in [0.1, 0.15) is 0 Å². The molecule has 1 aromatic rings. The minimum absolute atomic E-state index is 0.0320. The summed E-state index contributed by atoms with van der Waals surface area (Å²) in [6, 6.07) is -0.332. The monoisotopic (exact) mass is 269 g/mol. The number of aliphatic carboxylic acids is 1. The number of thiazole rings is 1. The van der Waals surface area contributed by atoms with E-state index in [9.17, 15) is 9.59 Å². The molecule has 1 aromatic heterocycles. The van der Waals surface area contributed by atoms with E-state index in [1.165, 1.54) is 11.3 Å². The molecule has 1 heterocycles. The van der Waals surface area contributed by atoms with Gasteiger partial charge in [0.05, 0.1) is 5.92 Å². The van der Waals surface area contributed by atoms with E-state index in [4.69, 9.17) is 5.11 Å². The number of urea groups is 1. The molecule has 98 valence electrons. The van der Waals surface area contributed by atoms with Crippen molar-refractivity contribution in [2.24, 2.45) is 11.8 Å². The summed E-state index contributed by atoms with van der Waals surface area (Å²) >= 11 is 1.34. The zero-order valence-corrected chi connectivity index (χ0v) is 10.6. The molecule has 2 amide bonds. The number of amides is 2. The van der Waals surface area contributed by atoms with Crippen molar-refractivity contribution < 1.29 is 14.7 Å². The van der Waals surface area contributed by atoms with Crippen LogP contribution in [0.3, 0.4) is 0 Å². The lowest BCUT2D eigenvalue weighted by molar-refractivity contribution is -0.142. The van der Waals surface area contributed by atoms with E-state index in [1.807, 2.05) is 0 Å². The predicted molar refractivity (Wildman–Crippen MR) is 67.6 cm³/mol. The molecule has 1 saturated carbocycles. The lowest BCUT2D eigenvalue weighted by atomic mass is 9.96. The maximum Gasteiger partial charge on any atom is 0.321 e.